The Morgan fingerprint density at radius 1 is 1.48 bits per heavy atom. The van der Waals surface area contributed by atoms with E-state index in [1.807, 2.05) is 25.1 Å². The van der Waals surface area contributed by atoms with Crippen molar-refractivity contribution in [3.05, 3.63) is 43.8 Å². The van der Waals surface area contributed by atoms with E-state index in [0.717, 1.165) is 26.6 Å². The zero-order chi connectivity index (χ0) is 15.4. The molecule has 1 amide bonds. The van der Waals surface area contributed by atoms with Crippen LogP contribution < -0.4 is 16.6 Å². The van der Waals surface area contributed by atoms with E-state index in [4.69, 9.17) is 5.73 Å². The van der Waals surface area contributed by atoms with E-state index in [0.29, 0.717) is 5.16 Å². The van der Waals surface area contributed by atoms with Gasteiger partial charge in [0.1, 0.15) is 5.82 Å². The van der Waals surface area contributed by atoms with E-state index in [1.54, 1.807) is 0 Å². The maximum Gasteiger partial charge on any atom is 0.253 e. The summed E-state index contributed by atoms with van der Waals surface area (Å²) in [6.07, 6.45) is 0. The van der Waals surface area contributed by atoms with Crippen molar-refractivity contribution >= 4 is 51.8 Å². The van der Waals surface area contributed by atoms with Crippen LogP contribution in [0.5, 0.6) is 0 Å². The van der Waals surface area contributed by atoms with Crippen molar-refractivity contribution in [2.45, 2.75) is 12.1 Å². The predicted octanol–water partition coefficient (Wildman–Crippen LogP) is 2.00. The smallest absolute Gasteiger partial charge is 0.253 e. The number of thioether (sulfide) groups is 1. The number of benzene rings is 1. The molecule has 0 saturated carbocycles. The van der Waals surface area contributed by atoms with Crippen LogP contribution in [0.4, 0.5) is 11.5 Å². The van der Waals surface area contributed by atoms with E-state index < -0.39 is 0 Å². The molecule has 2 rings (SSSR count). The van der Waals surface area contributed by atoms with Gasteiger partial charge in [-0.3, -0.25) is 9.59 Å². The summed E-state index contributed by atoms with van der Waals surface area (Å²) in [5.74, 6) is 0.0992. The number of rotatable bonds is 4. The van der Waals surface area contributed by atoms with E-state index >= 15 is 0 Å². The van der Waals surface area contributed by atoms with Crippen LogP contribution in [0.2, 0.25) is 0 Å². The molecule has 0 aliphatic heterocycles. The first kappa shape index (κ1) is 15.8. The number of aromatic nitrogens is 2. The predicted molar refractivity (Wildman–Crippen MR) is 92.5 cm³/mol. The van der Waals surface area contributed by atoms with Crippen molar-refractivity contribution in [3.8, 4) is 0 Å². The SMILES string of the molecule is Cc1cc(I)ccc1NC(=O)CSc1nc(N)cc(=O)[nH]1. The second kappa shape index (κ2) is 6.94. The molecule has 0 atom stereocenters. The number of nitrogens with two attached hydrogens (primary N) is 1. The fourth-order valence-corrected chi connectivity index (χ4v) is 2.94. The van der Waals surface area contributed by atoms with E-state index in [9.17, 15) is 9.59 Å². The molecule has 8 heteroatoms. The molecule has 0 aliphatic rings. The van der Waals surface area contributed by atoms with Gasteiger partial charge in [0.2, 0.25) is 5.91 Å². The van der Waals surface area contributed by atoms with Crippen molar-refractivity contribution in [2.24, 2.45) is 0 Å². The lowest BCUT2D eigenvalue weighted by Gasteiger charge is -2.08. The number of amides is 1. The molecule has 0 bridgehead atoms. The van der Waals surface area contributed by atoms with Crippen molar-refractivity contribution in [1.82, 2.24) is 9.97 Å². The maximum absolute atomic E-state index is 11.9. The minimum absolute atomic E-state index is 0.134. The fourth-order valence-electron chi connectivity index (χ4n) is 1.61. The zero-order valence-electron chi connectivity index (χ0n) is 11.1. The molecule has 0 spiro atoms. The molecule has 110 valence electrons. The third kappa shape index (κ3) is 4.74. The van der Waals surface area contributed by atoms with Crippen molar-refractivity contribution in [1.29, 1.82) is 0 Å². The lowest BCUT2D eigenvalue weighted by atomic mass is 10.2. The lowest BCUT2D eigenvalue weighted by Crippen LogP contribution is -2.16. The number of hydrogen-bond acceptors (Lipinski definition) is 5. The van der Waals surface area contributed by atoms with Gasteiger partial charge in [-0.1, -0.05) is 11.8 Å². The first-order valence-electron chi connectivity index (χ1n) is 5.99. The quantitative estimate of drug-likeness (QED) is 0.402. The highest BCUT2D eigenvalue weighted by Gasteiger charge is 2.07. The summed E-state index contributed by atoms with van der Waals surface area (Å²) in [7, 11) is 0. The van der Waals surface area contributed by atoms with Gasteiger partial charge in [-0.2, -0.15) is 0 Å². The van der Waals surface area contributed by atoms with Crippen molar-refractivity contribution < 1.29 is 4.79 Å². The Hall–Kier alpha value is -1.55. The first-order valence-corrected chi connectivity index (χ1v) is 8.06. The van der Waals surface area contributed by atoms with Crippen molar-refractivity contribution in [2.75, 3.05) is 16.8 Å². The number of carbonyl (C=O) groups is 1. The molecule has 2 aromatic rings. The Labute approximate surface area is 139 Å². The van der Waals surface area contributed by atoms with Crippen molar-refractivity contribution in [3.63, 3.8) is 0 Å². The van der Waals surface area contributed by atoms with Crippen LogP contribution in [0.3, 0.4) is 0 Å². The third-order valence-corrected chi connectivity index (χ3v) is 4.09. The molecule has 1 aromatic carbocycles. The first-order chi connectivity index (χ1) is 9.94. The van der Waals surface area contributed by atoms with Gasteiger partial charge in [-0.25, -0.2) is 4.98 Å². The molecule has 0 radical (unpaired) electrons. The number of halogens is 1. The average molecular weight is 416 g/mol. The number of nitrogen functional groups attached to an aromatic ring is 1. The number of H-pyrrole nitrogens is 1. The van der Waals surface area contributed by atoms with Crippen LogP contribution >= 0.6 is 34.4 Å². The number of anilines is 2. The molecule has 21 heavy (non-hydrogen) atoms. The van der Waals surface area contributed by atoms with Gasteiger partial charge in [-0.05, 0) is 53.3 Å². The summed E-state index contributed by atoms with van der Waals surface area (Å²) in [4.78, 5) is 29.6. The number of aromatic amines is 1. The Morgan fingerprint density at radius 2 is 2.24 bits per heavy atom. The average Bonchev–Trinajstić information content (AvgIpc) is 2.39. The molecule has 0 fully saturated rings. The van der Waals surface area contributed by atoms with E-state index in [2.05, 4.69) is 37.9 Å². The van der Waals surface area contributed by atoms with E-state index in [1.165, 1.54) is 6.07 Å². The van der Waals surface area contributed by atoms with Crippen LogP contribution in [0.15, 0.2) is 34.2 Å². The van der Waals surface area contributed by atoms with Gasteiger partial charge < -0.3 is 16.0 Å². The standard InChI is InChI=1S/C13H13IN4O2S/c1-7-4-8(14)2-3-9(7)16-12(20)6-21-13-17-10(15)5-11(19)18-13/h2-5H,6H2,1H3,(H,16,20)(H3,15,17,18,19). The minimum atomic E-state index is -0.334. The normalized spacial score (nSPS) is 10.4. The number of carbonyl (C=O) groups excluding carboxylic acids is 1. The molecule has 6 nitrogen and oxygen atoms in total. The largest absolute Gasteiger partial charge is 0.383 e. The lowest BCUT2D eigenvalue weighted by molar-refractivity contribution is -0.113. The Morgan fingerprint density at radius 3 is 2.90 bits per heavy atom. The number of hydrogen-bond donors (Lipinski definition) is 3. The minimum Gasteiger partial charge on any atom is -0.383 e. The van der Waals surface area contributed by atoms with Gasteiger partial charge in [0.15, 0.2) is 5.16 Å². The van der Waals surface area contributed by atoms with Crippen LogP contribution in [0, 0.1) is 10.5 Å². The highest BCUT2D eigenvalue weighted by molar-refractivity contribution is 14.1. The molecule has 4 N–H and O–H groups in total. The molecule has 0 aliphatic carbocycles. The Bertz CT molecular complexity index is 732. The fraction of sp³-hybridized carbons (Fsp3) is 0.154. The Balaban J connectivity index is 1.97. The highest BCUT2D eigenvalue weighted by atomic mass is 127. The number of nitrogens with zero attached hydrogens (tertiary/aromatic N) is 1. The van der Waals surface area contributed by atoms with Crippen LogP contribution in [0.25, 0.3) is 0 Å². The monoisotopic (exact) mass is 416 g/mol. The molecular formula is C13H13IN4O2S. The molecule has 1 aromatic heterocycles. The van der Waals surface area contributed by atoms with Crippen LogP contribution in [-0.2, 0) is 4.79 Å². The molecular weight excluding hydrogens is 403 g/mol. The van der Waals surface area contributed by atoms with Crippen LogP contribution in [0.1, 0.15) is 5.56 Å². The maximum atomic E-state index is 11.9. The van der Waals surface area contributed by atoms with Gasteiger partial charge in [-0.15, -0.1) is 0 Å². The van der Waals surface area contributed by atoms with E-state index in [-0.39, 0.29) is 23.0 Å². The van der Waals surface area contributed by atoms with Gasteiger partial charge in [0, 0.05) is 15.3 Å². The topological polar surface area (TPSA) is 101 Å². The Kier molecular flexibility index (Phi) is 5.23. The molecule has 0 unspecified atom stereocenters. The second-order valence-corrected chi connectivity index (χ2v) is 6.48. The zero-order valence-corrected chi connectivity index (χ0v) is 14.1. The highest BCUT2D eigenvalue weighted by Crippen LogP contribution is 2.18. The summed E-state index contributed by atoms with van der Waals surface area (Å²) >= 11 is 3.34. The summed E-state index contributed by atoms with van der Waals surface area (Å²) in [6, 6.07) is 6.97. The summed E-state index contributed by atoms with van der Waals surface area (Å²) < 4.78 is 1.11. The van der Waals surface area contributed by atoms with Crippen LogP contribution in [-0.4, -0.2) is 21.6 Å². The summed E-state index contributed by atoms with van der Waals surface area (Å²) in [5.41, 5.74) is 6.91. The summed E-state index contributed by atoms with van der Waals surface area (Å²) in [5, 5.41) is 3.15. The van der Waals surface area contributed by atoms with Gasteiger partial charge >= 0.3 is 0 Å². The third-order valence-electron chi connectivity index (χ3n) is 2.54. The number of aryl methyl sites for hydroxylation is 1. The summed E-state index contributed by atoms with van der Waals surface area (Å²) in [6.45, 7) is 1.93. The molecule has 1 heterocycles. The van der Waals surface area contributed by atoms with Gasteiger partial charge in [0.05, 0.1) is 5.75 Å². The molecule has 0 saturated heterocycles. The number of nitrogens with one attached hydrogen (secondary N) is 2. The second-order valence-electron chi connectivity index (χ2n) is 4.27. The van der Waals surface area contributed by atoms with Gasteiger partial charge in [0.25, 0.3) is 5.56 Å².